The highest BCUT2D eigenvalue weighted by Crippen LogP contribution is 2.34. The van der Waals surface area contributed by atoms with E-state index in [1.54, 1.807) is 36.7 Å². The van der Waals surface area contributed by atoms with Crippen LogP contribution in [0.1, 0.15) is 0 Å². The molecule has 0 saturated carbocycles. The number of rotatable bonds is 6. The molecule has 0 amide bonds. The number of nitrogens with two attached hydrogens (primary N) is 1. The number of benzene rings is 3. The molecule has 9 nitrogen and oxygen atoms in total. The first-order chi connectivity index (χ1) is 18.6. The Hall–Kier alpha value is -5.57. The van der Waals surface area contributed by atoms with Crippen molar-refractivity contribution in [3.05, 3.63) is 103 Å². The highest BCUT2D eigenvalue weighted by Gasteiger charge is 2.13. The Morgan fingerprint density at radius 1 is 0.763 bits per heavy atom. The molecule has 9 heteroatoms. The van der Waals surface area contributed by atoms with Crippen LogP contribution in [0.4, 0.5) is 17.5 Å². The second-order valence-corrected chi connectivity index (χ2v) is 8.40. The summed E-state index contributed by atoms with van der Waals surface area (Å²) < 4.78 is 6.07. The van der Waals surface area contributed by atoms with Gasteiger partial charge in [-0.3, -0.25) is 0 Å². The fourth-order valence-corrected chi connectivity index (χ4v) is 4.11. The number of nitrogens with zero attached hydrogens (tertiary/aromatic N) is 5. The van der Waals surface area contributed by atoms with E-state index in [2.05, 4.69) is 30.5 Å². The molecule has 38 heavy (non-hydrogen) atoms. The molecule has 0 spiro atoms. The van der Waals surface area contributed by atoms with Crippen molar-refractivity contribution in [2.75, 3.05) is 11.1 Å². The molecular formula is C29H21N7O2. The summed E-state index contributed by atoms with van der Waals surface area (Å²) >= 11 is 0. The summed E-state index contributed by atoms with van der Waals surface area (Å²) in [5.74, 6) is 1.99. The van der Waals surface area contributed by atoms with Crippen molar-refractivity contribution in [3.8, 4) is 39.9 Å². The zero-order valence-corrected chi connectivity index (χ0v) is 20.0. The maximum Gasteiger partial charge on any atom is 0.228 e. The van der Waals surface area contributed by atoms with E-state index in [4.69, 9.17) is 10.5 Å². The van der Waals surface area contributed by atoms with E-state index in [-0.39, 0.29) is 11.7 Å². The fraction of sp³-hybridized carbons (Fsp3) is 0. The van der Waals surface area contributed by atoms with Crippen molar-refractivity contribution in [2.24, 2.45) is 0 Å². The first-order valence-corrected chi connectivity index (χ1v) is 11.8. The van der Waals surface area contributed by atoms with Gasteiger partial charge in [-0.15, -0.1) is 10.2 Å². The molecule has 4 N–H and O–H groups in total. The van der Waals surface area contributed by atoms with Crippen LogP contribution in [0.2, 0.25) is 0 Å². The van der Waals surface area contributed by atoms with E-state index < -0.39 is 0 Å². The molecule has 0 atom stereocenters. The van der Waals surface area contributed by atoms with Gasteiger partial charge in [-0.25, -0.2) is 15.0 Å². The summed E-state index contributed by atoms with van der Waals surface area (Å²) in [7, 11) is 0. The molecular weight excluding hydrogens is 478 g/mol. The summed E-state index contributed by atoms with van der Waals surface area (Å²) in [6.07, 6.45) is 3.25. The maximum atomic E-state index is 9.91. The number of aromatic hydroxyl groups is 1. The molecule has 0 bridgehead atoms. The molecule has 184 valence electrons. The lowest BCUT2D eigenvalue weighted by Crippen LogP contribution is -1.99. The zero-order valence-electron chi connectivity index (χ0n) is 20.0. The summed E-state index contributed by atoms with van der Waals surface area (Å²) in [5, 5.41) is 24.0. The van der Waals surface area contributed by atoms with Crippen LogP contribution in [0.25, 0.3) is 33.3 Å². The van der Waals surface area contributed by atoms with Crippen molar-refractivity contribution in [3.63, 3.8) is 0 Å². The number of anilines is 3. The minimum absolute atomic E-state index is 0.178. The molecule has 3 aromatic carbocycles. The topological polar surface area (TPSA) is 132 Å². The van der Waals surface area contributed by atoms with Gasteiger partial charge >= 0.3 is 0 Å². The highest BCUT2D eigenvalue weighted by molar-refractivity contribution is 6.00. The van der Waals surface area contributed by atoms with Crippen LogP contribution in [0.15, 0.2) is 103 Å². The Bertz CT molecular complexity index is 1760. The van der Waals surface area contributed by atoms with Crippen molar-refractivity contribution in [1.82, 2.24) is 25.1 Å². The smallest absolute Gasteiger partial charge is 0.228 e. The lowest BCUT2D eigenvalue weighted by molar-refractivity contribution is 0.465. The molecule has 0 unspecified atom stereocenters. The average molecular weight is 500 g/mol. The molecule has 0 aliphatic carbocycles. The van der Waals surface area contributed by atoms with E-state index in [0.29, 0.717) is 34.4 Å². The minimum atomic E-state index is 0.178. The van der Waals surface area contributed by atoms with Gasteiger partial charge in [0.2, 0.25) is 11.8 Å². The van der Waals surface area contributed by atoms with E-state index in [1.807, 2.05) is 66.7 Å². The minimum Gasteiger partial charge on any atom is -0.508 e. The van der Waals surface area contributed by atoms with E-state index in [0.717, 1.165) is 22.0 Å². The van der Waals surface area contributed by atoms with Crippen LogP contribution in [0.5, 0.6) is 17.4 Å². The first kappa shape index (κ1) is 22.9. The number of hydrogen-bond donors (Lipinski definition) is 3. The van der Waals surface area contributed by atoms with Crippen LogP contribution >= 0.6 is 0 Å². The van der Waals surface area contributed by atoms with Crippen molar-refractivity contribution < 1.29 is 9.84 Å². The van der Waals surface area contributed by atoms with Gasteiger partial charge in [0.25, 0.3) is 0 Å². The molecule has 0 radical (unpaired) electrons. The Balaban J connectivity index is 1.26. The van der Waals surface area contributed by atoms with E-state index in [1.165, 1.54) is 0 Å². The number of hydrogen-bond acceptors (Lipinski definition) is 9. The number of phenolic OH excluding ortho intramolecular Hbond substituents is 1. The molecule has 0 fully saturated rings. The van der Waals surface area contributed by atoms with Gasteiger partial charge in [0.15, 0.2) is 5.82 Å². The van der Waals surface area contributed by atoms with Gasteiger partial charge in [0.05, 0.1) is 11.3 Å². The Kier molecular flexibility index (Phi) is 5.91. The number of phenols is 1. The van der Waals surface area contributed by atoms with E-state index in [9.17, 15) is 5.11 Å². The standard InChI is InChI=1S/C29H21N7O2/c30-29-32-16-14-25(34-29)24-9-4-15-31-28(24)38-21-12-10-19(11-13-21)33-27-23-8-2-1-7-22(23)26(35-36-27)18-5-3-6-20(37)17-18/h1-17,37H,(H,33,36)(H2,30,32,34). The van der Waals surface area contributed by atoms with E-state index >= 15 is 0 Å². The predicted molar refractivity (Wildman–Crippen MR) is 146 cm³/mol. The van der Waals surface area contributed by atoms with Crippen LogP contribution in [-0.4, -0.2) is 30.3 Å². The van der Waals surface area contributed by atoms with Crippen LogP contribution in [-0.2, 0) is 0 Å². The molecule has 0 aliphatic rings. The molecule has 3 heterocycles. The predicted octanol–water partition coefficient (Wildman–Crippen LogP) is 5.97. The third-order valence-electron chi connectivity index (χ3n) is 5.86. The number of pyridine rings is 1. The molecule has 6 aromatic rings. The van der Waals surface area contributed by atoms with Crippen molar-refractivity contribution in [1.29, 1.82) is 0 Å². The van der Waals surface area contributed by atoms with Crippen LogP contribution in [0.3, 0.4) is 0 Å². The number of ether oxygens (including phenoxy) is 1. The lowest BCUT2D eigenvalue weighted by atomic mass is 10.0. The van der Waals surface area contributed by atoms with Crippen LogP contribution < -0.4 is 15.8 Å². The van der Waals surface area contributed by atoms with Crippen molar-refractivity contribution in [2.45, 2.75) is 0 Å². The fourth-order valence-electron chi connectivity index (χ4n) is 4.11. The highest BCUT2D eigenvalue weighted by atomic mass is 16.5. The van der Waals surface area contributed by atoms with Gasteiger partial charge in [-0.1, -0.05) is 36.4 Å². The van der Waals surface area contributed by atoms with Gasteiger partial charge in [-0.2, -0.15) is 0 Å². The molecule has 3 aromatic heterocycles. The second kappa shape index (κ2) is 9.82. The number of fused-ring (bicyclic) bond motifs is 1. The third-order valence-corrected chi connectivity index (χ3v) is 5.86. The van der Waals surface area contributed by atoms with Gasteiger partial charge in [0, 0.05) is 34.4 Å². The number of nitrogens with one attached hydrogen (secondary N) is 1. The van der Waals surface area contributed by atoms with Gasteiger partial charge in [0.1, 0.15) is 17.2 Å². The monoisotopic (exact) mass is 499 g/mol. The number of nitrogen functional groups attached to an aromatic ring is 1. The Morgan fingerprint density at radius 3 is 2.42 bits per heavy atom. The first-order valence-electron chi connectivity index (χ1n) is 11.8. The van der Waals surface area contributed by atoms with Crippen LogP contribution in [0, 0.1) is 0 Å². The molecule has 0 saturated heterocycles. The third kappa shape index (κ3) is 4.63. The summed E-state index contributed by atoms with van der Waals surface area (Å²) in [6, 6.07) is 27.7. The zero-order chi connectivity index (χ0) is 25.9. The summed E-state index contributed by atoms with van der Waals surface area (Å²) in [4.78, 5) is 12.6. The average Bonchev–Trinajstić information content (AvgIpc) is 2.94. The Morgan fingerprint density at radius 2 is 1.61 bits per heavy atom. The largest absolute Gasteiger partial charge is 0.508 e. The van der Waals surface area contributed by atoms with Crippen molar-refractivity contribution >= 4 is 28.2 Å². The SMILES string of the molecule is Nc1nccc(-c2cccnc2Oc2ccc(Nc3nnc(-c4cccc(O)c4)c4ccccc34)cc2)n1. The Labute approximate surface area is 217 Å². The van der Waals surface area contributed by atoms with Gasteiger partial charge < -0.3 is 20.9 Å². The quantitative estimate of drug-likeness (QED) is 0.253. The van der Waals surface area contributed by atoms with Gasteiger partial charge in [-0.05, 0) is 54.6 Å². The maximum absolute atomic E-state index is 9.91. The molecule has 6 rings (SSSR count). The summed E-state index contributed by atoms with van der Waals surface area (Å²) in [5.41, 5.74) is 9.38. The summed E-state index contributed by atoms with van der Waals surface area (Å²) in [6.45, 7) is 0. The number of aromatic nitrogens is 5. The molecule has 0 aliphatic heterocycles. The second-order valence-electron chi connectivity index (χ2n) is 8.40. The normalized spacial score (nSPS) is 10.8. The lowest BCUT2D eigenvalue weighted by Gasteiger charge is -2.12.